The van der Waals surface area contributed by atoms with Crippen LogP contribution in [0.4, 0.5) is 10.1 Å². The van der Waals surface area contributed by atoms with Crippen molar-refractivity contribution in [3.05, 3.63) is 58.0 Å². The molecule has 0 aliphatic rings. The van der Waals surface area contributed by atoms with E-state index < -0.39 is 16.4 Å². The Morgan fingerprint density at radius 3 is 2.76 bits per heavy atom. The van der Waals surface area contributed by atoms with Crippen molar-refractivity contribution in [2.24, 2.45) is 10.9 Å². The highest BCUT2D eigenvalue weighted by Gasteiger charge is 2.17. The van der Waals surface area contributed by atoms with Gasteiger partial charge in [-0.2, -0.15) is 0 Å². The lowest BCUT2D eigenvalue weighted by Gasteiger charge is -2.06. The molecule has 0 radical (unpaired) electrons. The summed E-state index contributed by atoms with van der Waals surface area (Å²) in [5.41, 5.74) is 5.20. The van der Waals surface area contributed by atoms with Crippen molar-refractivity contribution in [2.45, 2.75) is 0 Å². The first-order valence-electron chi connectivity index (χ1n) is 5.57. The Morgan fingerprint density at radius 2 is 2.19 bits per heavy atom. The second kappa shape index (κ2) is 5.82. The fraction of sp³-hybridized carbons (Fsp3) is 0. The van der Waals surface area contributed by atoms with Crippen LogP contribution in [0, 0.1) is 15.9 Å². The number of nitrogens with two attached hydrogens (primary N) is 1. The van der Waals surface area contributed by atoms with Gasteiger partial charge in [0.2, 0.25) is 11.6 Å². The van der Waals surface area contributed by atoms with Gasteiger partial charge in [0.15, 0.2) is 5.84 Å². The van der Waals surface area contributed by atoms with Gasteiger partial charge in [-0.25, -0.2) is 9.37 Å². The van der Waals surface area contributed by atoms with Gasteiger partial charge in [-0.3, -0.25) is 10.1 Å². The molecule has 1 aromatic carbocycles. The molecule has 0 bridgehead atoms. The van der Waals surface area contributed by atoms with Crippen LogP contribution >= 0.6 is 0 Å². The molecule has 0 amide bonds. The summed E-state index contributed by atoms with van der Waals surface area (Å²) < 4.78 is 18.2. The number of benzene rings is 1. The normalized spacial score (nSPS) is 11.2. The van der Waals surface area contributed by atoms with Crippen molar-refractivity contribution in [3.63, 3.8) is 0 Å². The van der Waals surface area contributed by atoms with Gasteiger partial charge in [-0.15, -0.1) is 0 Å². The summed E-state index contributed by atoms with van der Waals surface area (Å²) in [6, 6.07) is 5.74. The van der Waals surface area contributed by atoms with E-state index in [-0.39, 0.29) is 17.5 Å². The molecule has 0 saturated heterocycles. The molecule has 1 heterocycles. The Morgan fingerprint density at radius 1 is 1.43 bits per heavy atom. The van der Waals surface area contributed by atoms with Crippen molar-refractivity contribution >= 4 is 11.5 Å². The number of nitro benzene ring substituents is 1. The van der Waals surface area contributed by atoms with Crippen LogP contribution in [0.25, 0.3) is 0 Å². The molecule has 0 unspecified atom stereocenters. The molecule has 0 aliphatic carbocycles. The summed E-state index contributed by atoms with van der Waals surface area (Å²) in [5, 5.41) is 22.1. The summed E-state index contributed by atoms with van der Waals surface area (Å²) in [6.45, 7) is 0. The van der Waals surface area contributed by atoms with Gasteiger partial charge in [0.05, 0.1) is 11.0 Å². The number of nitrogens with zero attached hydrogens (tertiary/aromatic N) is 3. The van der Waals surface area contributed by atoms with E-state index >= 15 is 0 Å². The number of ether oxygens (including phenoxy) is 1. The predicted octanol–water partition coefficient (Wildman–Crippen LogP) is 2.02. The maximum absolute atomic E-state index is 13.0. The van der Waals surface area contributed by atoms with E-state index in [0.717, 1.165) is 18.2 Å². The molecule has 0 fully saturated rings. The smallest absolute Gasteiger partial charge is 0.314 e. The highest BCUT2D eigenvalue weighted by Crippen LogP contribution is 2.30. The van der Waals surface area contributed by atoms with Crippen LogP contribution in [-0.2, 0) is 0 Å². The number of aromatic nitrogens is 1. The van der Waals surface area contributed by atoms with Crippen LogP contribution in [0.1, 0.15) is 5.56 Å². The monoisotopic (exact) mass is 292 g/mol. The Hall–Kier alpha value is -3.23. The average molecular weight is 292 g/mol. The van der Waals surface area contributed by atoms with Crippen molar-refractivity contribution in [1.29, 1.82) is 0 Å². The van der Waals surface area contributed by atoms with Gasteiger partial charge in [-0.1, -0.05) is 5.16 Å². The van der Waals surface area contributed by atoms with E-state index in [1.165, 1.54) is 18.3 Å². The SMILES string of the molecule is NC(=NO)c1ccc(Oc2ccc(F)cc2[N+](=O)[O-])nc1. The first-order chi connectivity index (χ1) is 10.0. The van der Waals surface area contributed by atoms with Gasteiger partial charge in [0, 0.05) is 17.8 Å². The first kappa shape index (κ1) is 14.2. The average Bonchev–Trinajstić information content (AvgIpc) is 2.49. The van der Waals surface area contributed by atoms with Gasteiger partial charge in [0.25, 0.3) is 0 Å². The number of pyridine rings is 1. The minimum atomic E-state index is -0.761. The lowest BCUT2D eigenvalue weighted by atomic mass is 10.2. The molecule has 2 rings (SSSR count). The zero-order valence-electron chi connectivity index (χ0n) is 10.4. The molecule has 108 valence electrons. The van der Waals surface area contributed by atoms with E-state index in [1.807, 2.05) is 0 Å². The fourth-order valence-electron chi connectivity index (χ4n) is 1.48. The largest absolute Gasteiger partial charge is 0.432 e. The Kier molecular flexibility index (Phi) is 3.93. The molecule has 21 heavy (non-hydrogen) atoms. The molecular formula is C12H9FN4O4. The third-order valence-corrected chi connectivity index (χ3v) is 2.47. The molecule has 0 spiro atoms. The third-order valence-electron chi connectivity index (χ3n) is 2.47. The quantitative estimate of drug-likeness (QED) is 0.292. The number of halogens is 1. The second-order valence-corrected chi connectivity index (χ2v) is 3.84. The lowest BCUT2D eigenvalue weighted by molar-refractivity contribution is -0.385. The van der Waals surface area contributed by atoms with Crippen LogP contribution in [0.15, 0.2) is 41.7 Å². The zero-order chi connectivity index (χ0) is 15.4. The summed E-state index contributed by atoms with van der Waals surface area (Å²) in [4.78, 5) is 13.9. The van der Waals surface area contributed by atoms with Crippen molar-refractivity contribution < 1.29 is 19.3 Å². The summed E-state index contributed by atoms with van der Waals surface area (Å²) in [5.74, 6) is -0.990. The van der Waals surface area contributed by atoms with E-state index in [9.17, 15) is 14.5 Å². The third kappa shape index (κ3) is 3.21. The van der Waals surface area contributed by atoms with Crippen molar-refractivity contribution in [1.82, 2.24) is 4.98 Å². The minimum Gasteiger partial charge on any atom is -0.432 e. The molecule has 9 heteroatoms. The predicted molar refractivity (Wildman–Crippen MR) is 69.9 cm³/mol. The highest BCUT2D eigenvalue weighted by atomic mass is 19.1. The Labute approximate surface area is 117 Å². The molecule has 2 aromatic rings. The number of rotatable bonds is 4. The van der Waals surface area contributed by atoms with Crippen LogP contribution in [-0.4, -0.2) is 21.0 Å². The van der Waals surface area contributed by atoms with E-state index in [1.54, 1.807) is 0 Å². The summed E-state index contributed by atoms with van der Waals surface area (Å²) in [6.07, 6.45) is 1.26. The maximum atomic E-state index is 13.0. The molecular weight excluding hydrogens is 283 g/mol. The van der Waals surface area contributed by atoms with Gasteiger partial charge in [0.1, 0.15) is 5.82 Å². The van der Waals surface area contributed by atoms with Crippen molar-refractivity contribution in [2.75, 3.05) is 0 Å². The van der Waals surface area contributed by atoms with E-state index in [2.05, 4.69) is 10.1 Å². The molecule has 0 atom stereocenters. The van der Waals surface area contributed by atoms with Crippen LogP contribution < -0.4 is 10.5 Å². The summed E-state index contributed by atoms with van der Waals surface area (Å²) in [7, 11) is 0. The van der Waals surface area contributed by atoms with Crippen LogP contribution in [0.3, 0.4) is 0 Å². The molecule has 0 saturated carbocycles. The molecule has 0 aliphatic heterocycles. The number of nitro groups is 1. The molecule has 8 nitrogen and oxygen atoms in total. The minimum absolute atomic E-state index is 0.0409. The standard InChI is InChI=1S/C12H9FN4O4/c13-8-2-3-10(9(5-8)17(19)20)21-11-4-1-7(6-15-11)12(14)16-18/h1-6,18H,(H2,14,16). The number of hydrogen-bond acceptors (Lipinski definition) is 6. The fourth-order valence-corrected chi connectivity index (χ4v) is 1.48. The Bertz CT molecular complexity index is 703. The Balaban J connectivity index is 2.28. The highest BCUT2D eigenvalue weighted by molar-refractivity contribution is 5.96. The van der Waals surface area contributed by atoms with Crippen LogP contribution in [0.2, 0.25) is 0 Å². The van der Waals surface area contributed by atoms with Gasteiger partial charge in [-0.05, 0) is 18.2 Å². The topological polar surface area (TPSA) is 124 Å². The van der Waals surface area contributed by atoms with Crippen LogP contribution in [0.5, 0.6) is 11.6 Å². The van der Waals surface area contributed by atoms with Gasteiger partial charge >= 0.3 is 5.69 Å². The maximum Gasteiger partial charge on any atom is 0.314 e. The van der Waals surface area contributed by atoms with E-state index in [4.69, 9.17) is 15.7 Å². The number of oxime groups is 1. The molecule has 3 N–H and O–H groups in total. The zero-order valence-corrected chi connectivity index (χ0v) is 10.4. The van der Waals surface area contributed by atoms with Gasteiger partial charge < -0.3 is 15.7 Å². The molecule has 1 aromatic heterocycles. The van der Waals surface area contributed by atoms with E-state index in [0.29, 0.717) is 5.56 Å². The lowest BCUT2D eigenvalue weighted by Crippen LogP contribution is -2.13. The van der Waals surface area contributed by atoms with Crippen molar-refractivity contribution in [3.8, 4) is 11.6 Å². The summed E-state index contributed by atoms with van der Waals surface area (Å²) >= 11 is 0. The second-order valence-electron chi connectivity index (χ2n) is 3.84. The first-order valence-corrected chi connectivity index (χ1v) is 5.57. The number of amidine groups is 1. The number of hydrogen-bond donors (Lipinski definition) is 2.